The molecule has 3 heteroatoms. The Labute approximate surface area is 59.0 Å². The topological polar surface area (TPSA) is 20.3 Å². The summed E-state index contributed by atoms with van der Waals surface area (Å²) in [6.07, 6.45) is 0.792. The molecule has 0 radical (unpaired) electrons. The second kappa shape index (κ2) is 10.2. The molecule has 50 valence electrons. The van der Waals surface area contributed by atoms with E-state index in [1.807, 2.05) is 26.0 Å². The van der Waals surface area contributed by atoms with E-state index >= 15 is 0 Å². The smallest absolute Gasteiger partial charge is 0.130 e. The van der Waals surface area contributed by atoms with E-state index in [4.69, 9.17) is 4.79 Å². The molecular weight excluding hydrogens is 170 g/mol. The van der Waals surface area contributed by atoms with Crippen LogP contribution >= 0.6 is 15.9 Å². The van der Waals surface area contributed by atoms with E-state index in [-0.39, 0.29) is 0 Å². The van der Waals surface area contributed by atoms with Gasteiger partial charge in [-0.1, -0.05) is 15.9 Å². The molecule has 0 saturated heterocycles. The highest BCUT2D eigenvalue weighted by Crippen LogP contribution is 1.65. The Kier molecular flexibility index (Phi) is 14.0. The maximum absolute atomic E-state index is 9.13. The van der Waals surface area contributed by atoms with Crippen molar-refractivity contribution in [3.63, 3.8) is 0 Å². The number of alkyl halides is 1. The van der Waals surface area contributed by atoms with Crippen LogP contribution in [0.4, 0.5) is 0 Å². The molecule has 0 atom stereocenters. The third-order valence-electron chi connectivity index (χ3n) is 0.0630. The van der Waals surface area contributed by atoms with Gasteiger partial charge in [0.2, 0.25) is 0 Å². The van der Waals surface area contributed by atoms with Crippen molar-refractivity contribution >= 4 is 22.2 Å². The molecular formula is C5H12BrNO. The van der Waals surface area contributed by atoms with Crippen LogP contribution in [0.2, 0.25) is 0 Å². The molecule has 0 fully saturated rings. The van der Waals surface area contributed by atoms with Crippen molar-refractivity contribution in [3.8, 4) is 0 Å². The quantitative estimate of drug-likeness (QED) is 0.440. The van der Waals surface area contributed by atoms with Crippen molar-refractivity contribution < 1.29 is 4.79 Å². The molecule has 8 heavy (non-hydrogen) atoms. The fraction of sp³-hybridized carbons (Fsp3) is 0.800. The summed E-state index contributed by atoms with van der Waals surface area (Å²) in [5.41, 5.74) is 0. The van der Waals surface area contributed by atoms with E-state index in [2.05, 4.69) is 15.9 Å². The second-order valence-corrected chi connectivity index (χ2v) is 2.31. The van der Waals surface area contributed by atoms with Gasteiger partial charge in [-0.05, 0) is 21.1 Å². The predicted molar refractivity (Wildman–Crippen MR) is 39.5 cm³/mol. The minimum Gasteiger partial charge on any atom is -0.312 e. The van der Waals surface area contributed by atoms with Crippen molar-refractivity contribution in [3.05, 3.63) is 0 Å². The lowest BCUT2D eigenvalue weighted by atomic mass is 11.0. The number of hydrogen-bond donors (Lipinski definition) is 0. The summed E-state index contributed by atoms with van der Waals surface area (Å²) in [5.74, 6) is 0. The maximum Gasteiger partial charge on any atom is 0.130 e. The molecule has 0 bridgehead atoms. The number of halogens is 1. The first-order valence-electron chi connectivity index (χ1n) is 2.25. The molecule has 2 nitrogen and oxygen atoms in total. The fourth-order valence-corrected chi connectivity index (χ4v) is 0. The van der Waals surface area contributed by atoms with Crippen LogP contribution in [0.25, 0.3) is 0 Å². The standard InChI is InChI=1S/C3H9N.C2H3BrO/c1-4(2)3;3-1-2-4/h1-3H3;2H,1H2. The second-order valence-electron chi connectivity index (χ2n) is 1.66. The Hall–Kier alpha value is 0.110. The summed E-state index contributed by atoms with van der Waals surface area (Å²) >= 11 is 2.88. The highest BCUT2D eigenvalue weighted by Gasteiger charge is 1.58. The summed E-state index contributed by atoms with van der Waals surface area (Å²) in [4.78, 5) is 11.1. The minimum atomic E-state index is 0.451. The Balaban J connectivity index is 0. The van der Waals surface area contributed by atoms with E-state index in [1.54, 1.807) is 0 Å². The van der Waals surface area contributed by atoms with Crippen LogP contribution in [-0.2, 0) is 4.79 Å². The number of hydrogen-bond acceptors (Lipinski definition) is 2. The first-order chi connectivity index (χ1) is 3.65. The molecule has 0 amide bonds. The molecule has 0 heterocycles. The van der Waals surface area contributed by atoms with E-state index in [1.165, 1.54) is 0 Å². The maximum atomic E-state index is 9.13. The largest absolute Gasteiger partial charge is 0.312 e. The summed E-state index contributed by atoms with van der Waals surface area (Å²) in [7, 11) is 6.00. The van der Waals surface area contributed by atoms with Gasteiger partial charge in [0.25, 0.3) is 0 Å². The average Bonchev–Trinajstić information content (AvgIpc) is 1.65. The molecule has 0 aliphatic heterocycles. The van der Waals surface area contributed by atoms with Crippen molar-refractivity contribution in [1.82, 2.24) is 4.90 Å². The Morgan fingerprint density at radius 2 is 1.62 bits per heavy atom. The van der Waals surface area contributed by atoms with Crippen LogP contribution in [0, 0.1) is 0 Å². The van der Waals surface area contributed by atoms with E-state index < -0.39 is 0 Å². The minimum absolute atomic E-state index is 0.451. The molecule has 0 aromatic rings. The Bertz CT molecular complexity index is 44.9. The molecule has 0 unspecified atom stereocenters. The van der Waals surface area contributed by atoms with Gasteiger partial charge in [0, 0.05) is 0 Å². The summed E-state index contributed by atoms with van der Waals surface area (Å²) in [6.45, 7) is 0. The van der Waals surface area contributed by atoms with Gasteiger partial charge in [-0.3, -0.25) is 0 Å². The molecule has 0 aromatic carbocycles. The number of rotatable bonds is 1. The average molecular weight is 182 g/mol. The van der Waals surface area contributed by atoms with Crippen molar-refractivity contribution in [2.24, 2.45) is 0 Å². The third-order valence-corrected chi connectivity index (χ3v) is 0.327. The zero-order valence-electron chi connectivity index (χ0n) is 5.52. The lowest BCUT2D eigenvalue weighted by Gasteiger charge is -1.90. The van der Waals surface area contributed by atoms with Crippen molar-refractivity contribution in [1.29, 1.82) is 0 Å². The molecule has 0 spiro atoms. The number of carbonyl (C=O) groups is 1. The molecule has 0 aliphatic carbocycles. The summed E-state index contributed by atoms with van der Waals surface area (Å²) < 4.78 is 0. The predicted octanol–water partition coefficient (Wildman–Crippen LogP) is 0.758. The normalized spacial score (nSPS) is 7.62. The van der Waals surface area contributed by atoms with Gasteiger partial charge in [0.15, 0.2) is 0 Å². The lowest BCUT2D eigenvalue weighted by molar-refractivity contribution is -0.105. The van der Waals surface area contributed by atoms with E-state index in [0.29, 0.717) is 5.33 Å². The van der Waals surface area contributed by atoms with Gasteiger partial charge in [0.1, 0.15) is 6.29 Å². The lowest BCUT2D eigenvalue weighted by Crippen LogP contribution is -1.99. The number of nitrogens with zero attached hydrogens (tertiary/aromatic N) is 1. The molecule has 0 saturated carbocycles. The van der Waals surface area contributed by atoms with Gasteiger partial charge >= 0.3 is 0 Å². The number of carbonyl (C=O) groups excluding carboxylic acids is 1. The highest BCUT2D eigenvalue weighted by atomic mass is 79.9. The van der Waals surface area contributed by atoms with E-state index in [0.717, 1.165) is 6.29 Å². The summed E-state index contributed by atoms with van der Waals surface area (Å²) in [5, 5.41) is 0.451. The fourth-order valence-electron chi connectivity index (χ4n) is 0. The highest BCUT2D eigenvalue weighted by molar-refractivity contribution is 9.09. The zero-order chi connectivity index (χ0) is 6.99. The monoisotopic (exact) mass is 181 g/mol. The van der Waals surface area contributed by atoms with Gasteiger partial charge < -0.3 is 9.69 Å². The van der Waals surface area contributed by atoms with Gasteiger partial charge in [-0.2, -0.15) is 0 Å². The van der Waals surface area contributed by atoms with Crippen LogP contribution in [0.3, 0.4) is 0 Å². The number of aldehydes is 1. The summed E-state index contributed by atoms with van der Waals surface area (Å²) in [6, 6.07) is 0. The Morgan fingerprint density at radius 3 is 1.62 bits per heavy atom. The van der Waals surface area contributed by atoms with Crippen molar-refractivity contribution in [2.75, 3.05) is 26.5 Å². The zero-order valence-corrected chi connectivity index (χ0v) is 7.10. The first-order valence-corrected chi connectivity index (χ1v) is 3.37. The van der Waals surface area contributed by atoms with Crippen LogP contribution in [0.15, 0.2) is 0 Å². The van der Waals surface area contributed by atoms with Gasteiger partial charge in [0.05, 0.1) is 5.33 Å². The van der Waals surface area contributed by atoms with Crippen LogP contribution in [-0.4, -0.2) is 37.7 Å². The molecule has 0 aliphatic rings. The van der Waals surface area contributed by atoms with Crippen LogP contribution in [0.5, 0.6) is 0 Å². The van der Waals surface area contributed by atoms with E-state index in [9.17, 15) is 0 Å². The van der Waals surface area contributed by atoms with Gasteiger partial charge in [-0.15, -0.1) is 0 Å². The molecule has 0 N–H and O–H groups in total. The SMILES string of the molecule is CN(C)C.O=CCBr. The Morgan fingerprint density at radius 1 is 1.50 bits per heavy atom. The molecule has 0 rings (SSSR count). The third kappa shape index (κ3) is 129. The van der Waals surface area contributed by atoms with Crippen molar-refractivity contribution in [2.45, 2.75) is 0 Å². The van der Waals surface area contributed by atoms with Gasteiger partial charge in [-0.25, -0.2) is 0 Å². The van der Waals surface area contributed by atoms with Crippen LogP contribution < -0.4 is 0 Å². The van der Waals surface area contributed by atoms with Crippen LogP contribution in [0.1, 0.15) is 0 Å². The molecule has 0 aromatic heterocycles. The first kappa shape index (κ1) is 11.0.